The van der Waals surface area contributed by atoms with E-state index in [4.69, 9.17) is 19.0 Å². The van der Waals surface area contributed by atoms with Crippen LogP contribution in [-0.2, 0) is 6.54 Å². The summed E-state index contributed by atoms with van der Waals surface area (Å²) < 4.78 is 17.2. The summed E-state index contributed by atoms with van der Waals surface area (Å²) in [5.41, 5.74) is 3.54. The first-order chi connectivity index (χ1) is 16.5. The van der Waals surface area contributed by atoms with Crippen molar-refractivity contribution >= 4 is 0 Å². The average Bonchev–Trinajstić information content (AvgIpc) is 3.54. The van der Waals surface area contributed by atoms with Crippen LogP contribution in [0.4, 0.5) is 0 Å². The summed E-state index contributed by atoms with van der Waals surface area (Å²) in [5.74, 6) is 3.23. The van der Waals surface area contributed by atoms with Crippen LogP contribution in [0.15, 0.2) is 47.0 Å². The van der Waals surface area contributed by atoms with Crippen molar-refractivity contribution in [2.45, 2.75) is 32.7 Å². The Bertz CT molecular complexity index is 1150. The lowest BCUT2D eigenvalue weighted by atomic mass is 9.77. The molecule has 180 valence electrons. The van der Waals surface area contributed by atoms with Crippen LogP contribution in [0.5, 0.6) is 11.5 Å². The van der Waals surface area contributed by atoms with Crippen LogP contribution >= 0.6 is 0 Å². The molecule has 1 spiro atoms. The van der Waals surface area contributed by atoms with Gasteiger partial charge in [-0.1, -0.05) is 35.0 Å². The molecule has 2 atom stereocenters. The van der Waals surface area contributed by atoms with Crippen molar-refractivity contribution in [3.05, 3.63) is 59.5 Å². The minimum absolute atomic E-state index is 0.126. The van der Waals surface area contributed by atoms with Crippen molar-refractivity contribution in [2.75, 3.05) is 46.9 Å². The van der Waals surface area contributed by atoms with Crippen molar-refractivity contribution in [2.24, 2.45) is 5.41 Å². The molecular weight excluding hydrogens is 428 g/mol. The number of benzene rings is 2. The van der Waals surface area contributed by atoms with Gasteiger partial charge in [0.15, 0.2) is 11.5 Å². The van der Waals surface area contributed by atoms with E-state index in [9.17, 15) is 0 Å². The van der Waals surface area contributed by atoms with Gasteiger partial charge in [-0.3, -0.25) is 4.90 Å². The molecule has 5 rings (SSSR count). The minimum atomic E-state index is 0.126. The smallest absolute Gasteiger partial charge is 0.232 e. The van der Waals surface area contributed by atoms with Gasteiger partial charge in [0.2, 0.25) is 11.7 Å². The van der Waals surface area contributed by atoms with Gasteiger partial charge in [-0.25, -0.2) is 0 Å². The summed E-state index contributed by atoms with van der Waals surface area (Å²) in [6, 6.07) is 14.5. The molecule has 0 amide bonds. The summed E-state index contributed by atoms with van der Waals surface area (Å²) in [7, 11) is 3.90. The normalized spacial score (nSPS) is 23.1. The van der Waals surface area contributed by atoms with Crippen molar-refractivity contribution in [3.8, 4) is 22.9 Å². The Kier molecular flexibility index (Phi) is 6.32. The number of rotatable bonds is 7. The molecule has 0 aliphatic carbocycles. The Morgan fingerprint density at radius 2 is 2.03 bits per heavy atom. The number of aryl methyl sites for hydroxylation is 1. The Morgan fingerprint density at radius 3 is 2.76 bits per heavy atom. The lowest BCUT2D eigenvalue weighted by molar-refractivity contribution is 0.223. The summed E-state index contributed by atoms with van der Waals surface area (Å²) in [4.78, 5) is 9.84. The van der Waals surface area contributed by atoms with E-state index in [0.29, 0.717) is 12.4 Å². The predicted octanol–water partition coefficient (Wildman–Crippen LogP) is 4.37. The van der Waals surface area contributed by atoms with E-state index in [1.807, 2.05) is 25.1 Å². The topological polar surface area (TPSA) is 63.9 Å². The van der Waals surface area contributed by atoms with Gasteiger partial charge in [-0.05, 0) is 57.6 Å². The maximum absolute atomic E-state index is 5.90. The van der Waals surface area contributed by atoms with Gasteiger partial charge < -0.3 is 18.9 Å². The Hall–Kier alpha value is -2.90. The van der Waals surface area contributed by atoms with Crippen LogP contribution in [0, 0.1) is 12.3 Å². The predicted molar refractivity (Wildman–Crippen MR) is 131 cm³/mol. The van der Waals surface area contributed by atoms with Gasteiger partial charge in [-0.2, -0.15) is 4.98 Å². The lowest BCUT2D eigenvalue weighted by Gasteiger charge is -2.28. The van der Waals surface area contributed by atoms with Crippen LogP contribution in [-0.4, -0.2) is 66.9 Å². The van der Waals surface area contributed by atoms with Gasteiger partial charge >= 0.3 is 0 Å². The third-order valence-corrected chi connectivity index (χ3v) is 7.24. The van der Waals surface area contributed by atoms with Crippen molar-refractivity contribution in [1.29, 1.82) is 0 Å². The molecule has 0 N–H and O–H groups in total. The highest BCUT2D eigenvalue weighted by Crippen LogP contribution is 2.49. The van der Waals surface area contributed by atoms with E-state index in [2.05, 4.69) is 53.2 Å². The first-order valence-corrected chi connectivity index (χ1v) is 12.1. The summed E-state index contributed by atoms with van der Waals surface area (Å²) in [5, 5.41) is 4.36. The maximum atomic E-state index is 5.90. The molecule has 0 saturated carbocycles. The molecule has 2 saturated heterocycles. The van der Waals surface area contributed by atoms with Crippen molar-refractivity contribution < 1.29 is 14.0 Å². The van der Waals surface area contributed by atoms with Gasteiger partial charge in [0.25, 0.3) is 0 Å². The zero-order valence-corrected chi connectivity index (χ0v) is 20.6. The molecule has 1 aromatic heterocycles. The Balaban J connectivity index is 1.39. The first-order valence-electron chi connectivity index (χ1n) is 12.1. The molecule has 0 unspecified atom stereocenters. The highest BCUT2D eigenvalue weighted by molar-refractivity contribution is 5.55. The number of methoxy groups -OCH3 is 1. The second kappa shape index (κ2) is 9.39. The van der Waals surface area contributed by atoms with Gasteiger partial charge in [0, 0.05) is 37.2 Å². The fraction of sp³-hybridized carbons (Fsp3) is 0.481. The summed E-state index contributed by atoms with van der Waals surface area (Å²) in [6.07, 6.45) is 1.14. The number of likely N-dealkylation sites (tertiary alicyclic amines) is 2. The van der Waals surface area contributed by atoms with E-state index < -0.39 is 0 Å². The van der Waals surface area contributed by atoms with Crippen molar-refractivity contribution in [1.82, 2.24) is 19.9 Å². The molecule has 2 fully saturated rings. The van der Waals surface area contributed by atoms with Crippen LogP contribution in [0.25, 0.3) is 11.4 Å². The van der Waals surface area contributed by atoms with Gasteiger partial charge in [-0.15, -0.1) is 0 Å². The van der Waals surface area contributed by atoms with E-state index >= 15 is 0 Å². The molecule has 2 aromatic carbocycles. The molecule has 0 bridgehead atoms. The number of hydrogen-bond donors (Lipinski definition) is 0. The molecular formula is C27H34N4O3. The quantitative estimate of drug-likeness (QED) is 0.516. The standard InChI is InChI=1S/C27H34N4O3/c1-5-33-23-10-9-20(14-24(23)32-4)15-31-16-22(27(18-31)11-12-30(3)17-27)26-28-25(29-34-26)21-8-6-7-19(2)13-21/h6-10,13-14,22H,5,11-12,15-18H2,1-4H3/t22-,27-/m0/s1. The SMILES string of the molecule is CCOc1ccc(CN2C[C@@H](c3nc(-c4cccc(C)c4)no3)[C@]3(CCN(C)C3)C2)cc1OC. The van der Waals surface area contributed by atoms with E-state index in [0.717, 1.165) is 62.1 Å². The fourth-order valence-electron chi connectivity index (χ4n) is 5.68. The van der Waals surface area contributed by atoms with Crippen LogP contribution in [0.1, 0.15) is 36.3 Å². The summed E-state index contributed by atoms with van der Waals surface area (Å²) >= 11 is 0. The zero-order chi connectivity index (χ0) is 23.7. The zero-order valence-electron chi connectivity index (χ0n) is 20.6. The number of nitrogens with zero attached hydrogens (tertiary/aromatic N) is 4. The van der Waals surface area contributed by atoms with Crippen LogP contribution in [0.3, 0.4) is 0 Å². The first kappa shape index (κ1) is 22.9. The Labute approximate surface area is 201 Å². The van der Waals surface area contributed by atoms with E-state index in [-0.39, 0.29) is 11.3 Å². The fourth-order valence-corrected chi connectivity index (χ4v) is 5.68. The minimum Gasteiger partial charge on any atom is -0.493 e. The lowest BCUT2D eigenvalue weighted by Crippen LogP contribution is -2.32. The highest BCUT2D eigenvalue weighted by atomic mass is 16.5. The second-order valence-corrected chi connectivity index (χ2v) is 9.82. The average molecular weight is 463 g/mol. The van der Waals surface area contributed by atoms with E-state index in [1.165, 1.54) is 11.1 Å². The van der Waals surface area contributed by atoms with Crippen LogP contribution < -0.4 is 9.47 Å². The van der Waals surface area contributed by atoms with Gasteiger partial charge in [0.05, 0.1) is 19.6 Å². The molecule has 3 aromatic rings. The molecule has 2 aliphatic heterocycles. The van der Waals surface area contributed by atoms with Gasteiger partial charge in [0.1, 0.15) is 0 Å². The summed E-state index contributed by atoms with van der Waals surface area (Å²) in [6.45, 7) is 9.59. The molecule has 7 nitrogen and oxygen atoms in total. The second-order valence-electron chi connectivity index (χ2n) is 9.82. The maximum Gasteiger partial charge on any atom is 0.232 e. The van der Waals surface area contributed by atoms with Crippen LogP contribution in [0.2, 0.25) is 0 Å². The Morgan fingerprint density at radius 1 is 1.15 bits per heavy atom. The molecule has 2 aliphatic rings. The monoisotopic (exact) mass is 462 g/mol. The molecule has 3 heterocycles. The van der Waals surface area contributed by atoms with Crippen molar-refractivity contribution in [3.63, 3.8) is 0 Å². The number of hydrogen-bond acceptors (Lipinski definition) is 7. The highest BCUT2D eigenvalue weighted by Gasteiger charge is 2.52. The van der Waals surface area contributed by atoms with E-state index in [1.54, 1.807) is 7.11 Å². The number of aromatic nitrogens is 2. The molecule has 0 radical (unpaired) electrons. The number of ether oxygens (including phenoxy) is 2. The molecule has 7 heteroatoms. The largest absolute Gasteiger partial charge is 0.493 e. The third-order valence-electron chi connectivity index (χ3n) is 7.24. The third kappa shape index (κ3) is 4.42. The molecule has 34 heavy (non-hydrogen) atoms.